The molecule has 0 aliphatic carbocycles. The van der Waals surface area contributed by atoms with Gasteiger partial charge in [-0.1, -0.05) is 11.8 Å². The van der Waals surface area contributed by atoms with E-state index in [1.165, 1.54) is 11.8 Å². The largest absolute Gasteiger partial charge is 0.342 e. The lowest BCUT2D eigenvalue weighted by molar-refractivity contribution is -0.118. The standard InChI is InChI=1S/C9H14N6OS/c1-7-13-14-9(15(7)5-3-11)17-6-8(16)12-4-2-10/h3-6,11H2,1H3,(H,12,16). The van der Waals surface area contributed by atoms with Crippen molar-refractivity contribution in [2.75, 3.05) is 18.8 Å². The number of nitrogens with zero attached hydrogens (tertiary/aromatic N) is 4. The minimum absolute atomic E-state index is 0.0217. The second kappa shape index (κ2) is 6.88. The lowest BCUT2D eigenvalue weighted by atomic mass is 10.6. The quantitative estimate of drug-likeness (QED) is 0.512. The molecule has 8 heteroatoms. The van der Waals surface area contributed by atoms with Crippen LogP contribution in [0, 0.1) is 18.3 Å². The SMILES string of the molecule is Cc1nnc(SCC(=O)NCC#N)n1CCN. The van der Waals surface area contributed by atoms with Gasteiger partial charge in [0.1, 0.15) is 12.4 Å². The minimum atomic E-state index is -0.198. The van der Waals surface area contributed by atoms with Gasteiger partial charge in [-0.15, -0.1) is 10.2 Å². The zero-order valence-electron chi connectivity index (χ0n) is 9.51. The highest BCUT2D eigenvalue weighted by molar-refractivity contribution is 7.99. The van der Waals surface area contributed by atoms with E-state index in [9.17, 15) is 4.79 Å². The molecule has 0 saturated heterocycles. The molecule has 0 fully saturated rings. The number of rotatable bonds is 6. The first-order valence-corrected chi connectivity index (χ1v) is 6.04. The highest BCUT2D eigenvalue weighted by atomic mass is 32.2. The number of amides is 1. The number of nitrogens with two attached hydrogens (primary N) is 1. The molecule has 1 heterocycles. The fourth-order valence-corrected chi connectivity index (χ4v) is 2.01. The van der Waals surface area contributed by atoms with Crippen molar-refractivity contribution in [3.63, 3.8) is 0 Å². The molecule has 0 aliphatic rings. The van der Waals surface area contributed by atoms with Crippen LogP contribution < -0.4 is 11.1 Å². The summed E-state index contributed by atoms with van der Waals surface area (Å²) in [4.78, 5) is 11.3. The van der Waals surface area contributed by atoms with Crippen LogP contribution in [0.3, 0.4) is 0 Å². The summed E-state index contributed by atoms with van der Waals surface area (Å²) in [6, 6.07) is 1.84. The average molecular weight is 254 g/mol. The second-order valence-corrected chi connectivity index (χ2v) is 4.14. The van der Waals surface area contributed by atoms with E-state index < -0.39 is 0 Å². The predicted molar refractivity (Wildman–Crippen MR) is 63.2 cm³/mol. The maximum Gasteiger partial charge on any atom is 0.231 e. The summed E-state index contributed by atoms with van der Waals surface area (Å²) in [5, 5.41) is 19.3. The van der Waals surface area contributed by atoms with Crippen LogP contribution in [-0.4, -0.2) is 39.5 Å². The molecule has 1 amide bonds. The van der Waals surface area contributed by atoms with Crippen molar-refractivity contribution < 1.29 is 4.79 Å². The van der Waals surface area contributed by atoms with Crippen LogP contribution >= 0.6 is 11.8 Å². The Bertz CT molecular complexity index is 424. The zero-order valence-corrected chi connectivity index (χ0v) is 10.3. The van der Waals surface area contributed by atoms with Crippen LogP contribution in [0.2, 0.25) is 0 Å². The number of carbonyl (C=O) groups excluding carboxylic acids is 1. The molecule has 17 heavy (non-hydrogen) atoms. The van der Waals surface area contributed by atoms with Crippen molar-refractivity contribution in [2.24, 2.45) is 5.73 Å². The van der Waals surface area contributed by atoms with E-state index in [2.05, 4.69) is 15.5 Å². The fourth-order valence-electron chi connectivity index (χ4n) is 1.17. The monoisotopic (exact) mass is 254 g/mol. The lowest BCUT2D eigenvalue weighted by Crippen LogP contribution is -2.25. The first kappa shape index (κ1) is 13.5. The molecule has 0 unspecified atom stereocenters. The summed E-state index contributed by atoms with van der Waals surface area (Å²) in [6.07, 6.45) is 0. The highest BCUT2D eigenvalue weighted by Gasteiger charge is 2.10. The van der Waals surface area contributed by atoms with Crippen LogP contribution in [-0.2, 0) is 11.3 Å². The van der Waals surface area contributed by atoms with Gasteiger partial charge in [-0.05, 0) is 6.92 Å². The molecule has 3 N–H and O–H groups in total. The summed E-state index contributed by atoms with van der Waals surface area (Å²) in [6.45, 7) is 2.98. The van der Waals surface area contributed by atoms with Crippen LogP contribution in [0.25, 0.3) is 0 Å². The molecule has 0 aliphatic heterocycles. The van der Waals surface area contributed by atoms with Crippen molar-refractivity contribution in [1.29, 1.82) is 5.26 Å². The number of thioether (sulfide) groups is 1. The smallest absolute Gasteiger partial charge is 0.231 e. The number of nitriles is 1. The van der Waals surface area contributed by atoms with Crippen LogP contribution in [0.5, 0.6) is 0 Å². The van der Waals surface area contributed by atoms with Crippen LogP contribution in [0.15, 0.2) is 5.16 Å². The summed E-state index contributed by atoms with van der Waals surface area (Å²) in [7, 11) is 0. The maximum atomic E-state index is 11.3. The van der Waals surface area contributed by atoms with Gasteiger partial charge in [-0.25, -0.2) is 0 Å². The number of nitrogens with one attached hydrogen (secondary N) is 1. The van der Waals surface area contributed by atoms with Gasteiger partial charge in [0.15, 0.2) is 5.16 Å². The predicted octanol–water partition coefficient (Wildman–Crippen LogP) is -0.723. The molecule has 0 saturated carbocycles. The van der Waals surface area contributed by atoms with E-state index in [1.54, 1.807) is 0 Å². The van der Waals surface area contributed by atoms with Gasteiger partial charge in [0, 0.05) is 13.1 Å². The van der Waals surface area contributed by atoms with Crippen molar-refractivity contribution in [1.82, 2.24) is 20.1 Å². The van der Waals surface area contributed by atoms with Gasteiger partial charge in [-0.2, -0.15) is 5.26 Å². The molecular formula is C9H14N6OS. The molecule has 1 aromatic heterocycles. The number of carbonyl (C=O) groups is 1. The Morgan fingerprint density at radius 2 is 2.41 bits per heavy atom. The third kappa shape index (κ3) is 4.05. The third-order valence-corrected chi connectivity index (χ3v) is 2.92. The van der Waals surface area contributed by atoms with Gasteiger partial charge < -0.3 is 15.6 Å². The van der Waals surface area contributed by atoms with Crippen LogP contribution in [0.4, 0.5) is 0 Å². The Morgan fingerprint density at radius 3 is 3.06 bits per heavy atom. The number of aromatic nitrogens is 3. The summed E-state index contributed by atoms with van der Waals surface area (Å²) in [5.41, 5.74) is 5.48. The summed E-state index contributed by atoms with van der Waals surface area (Å²) in [5.74, 6) is 0.789. The van der Waals surface area contributed by atoms with Gasteiger partial charge in [0.2, 0.25) is 5.91 Å². The molecule has 1 rings (SSSR count). The third-order valence-electron chi connectivity index (χ3n) is 1.95. The van der Waals surface area contributed by atoms with E-state index in [1.807, 2.05) is 17.6 Å². The topological polar surface area (TPSA) is 110 Å². The van der Waals surface area contributed by atoms with E-state index in [0.29, 0.717) is 18.2 Å². The Morgan fingerprint density at radius 1 is 1.65 bits per heavy atom. The number of aryl methyl sites for hydroxylation is 1. The Balaban J connectivity index is 2.51. The summed E-state index contributed by atoms with van der Waals surface area (Å²) >= 11 is 1.28. The van der Waals surface area contributed by atoms with Crippen molar-refractivity contribution >= 4 is 17.7 Å². The Hall–Kier alpha value is -1.59. The maximum absolute atomic E-state index is 11.3. The molecule has 0 radical (unpaired) electrons. The second-order valence-electron chi connectivity index (χ2n) is 3.19. The highest BCUT2D eigenvalue weighted by Crippen LogP contribution is 2.15. The normalized spacial score (nSPS) is 9.94. The molecule has 0 spiro atoms. The molecule has 0 bridgehead atoms. The molecule has 0 aromatic carbocycles. The van der Waals surface area contributed by atoms with E-state index in [-0.39, 0.29) is 18.2 Å². The molecule has 92 valence electrons. The van der Waals surface area contributed by atoms with Gasteiger partial charge in [-0.3, -0.25) is 4.79 Å². The minimum Gasteiger partial charge on any atom is -0.342 e. The summed E-state index contributed by atoms with van der Waals surface area (Å²) < 4.78 is 1.86. The first-order chi connectivity index (χ1) is 8.19. The molecule has 0 atom stereocenters. The average Bonchev–Trinajstić information content (AvgIpc) is 2.66. The lowest BCUT2D eigenvalue weighted by Gasteiger charge is -2.05. The number of hydrogen-bond acceptors (Lipinski definition) is 6. The van der Waals surface area contributed by atoms with E-state index >= 15 is 0 Å². The van der Waals surface area contributed by atoms with Crippen molar-refractivity contribution in [2.45, 2.75) is 18.6 Å². The van der Waals surface area contributed by atoms with E-state index in [4.69, 9.17) is 11.0 Å². The zero-order chi connectivity index (χ0) is 12.7. The van der Waals surface area contributed by atoms with Crippen molar-refractivity contribution in [3.8, 4) is 6.07 Å². The van der Waals surface area contributed by atoms with Gasteiger partial charge in [0.05, 0.1) is 11.8 Å². The molecule has 7 nitrogen and oxygen atoms in total. The molecular weight excluding hydrogens is 240 g/mol. The molecule has 1 aromatic rings. The van der Waals surface area contributed by atoms with Crippen LogP contribution in [0.1, 0.15) is 5.82 Å². The Kier molecular flexibility index (Phi) is 5.45. The van der Waals surface area contributed by atoms with E-state index in [0.717, 1.165) is 5.82 Å². The van der Waals surface area contributed by atoms with Crippen molar-refractivity contribution in [3.05, 3.63) is 5.82 Å². The number of hydrogen-bond donors (Lipinski definition) is 2. The van der Waals surface area contributed by atoms with Gasteiger partial charge >= 0.3 is 0 Å². The first-order valence-electron chi connectivity index (χ1n) is 5.05. The van der Waals surface area contributed by atoms with Gasteiger partial charge in [0.25, 0.3) is 0 Å². The Labute approximate surface area is 103 Å². The fraction of sp³-hybridized carbons (Fsp3) is 0.556.